The monoisotopic (exact) mass is 409 g/mol. The third-order valence-corrected chi connectivity index (χ3v) is 5.59. The fourth-order valence-corrected chi connectivity index (χ4v) is 3.71. The molecule has 0 bridgehead atoms. The lowest BCUT2D eigenvalue weighted by Gasteiger charge is -2.12. The van der Waals surface area contributed by atoms with Crippen molar-refractivity contribution in [1.29, 1.82) is 0 Å². The molecule has 0 aliphatic rings. The number of rotatable bonds is 6. The quantitative estimate of drug-likeness (QED) is 0.485. The number of aromatic nitrogens is 2. The Kier molecular flexibility index (Phi) is 6.29. The minimum atomic E-state index is -0.922. The van der Waals surface area contributed by atoms with Crippen LogP contribution < -0.4 is 5.32 Å². The van der Waals surface area contributed by atoms with Gasteiger partial charge in [0.25, 0.3) is 5.91 Å². The average molecular weight is 410 g/mol. The van der Waals surface area contributed by atoms with Gasteiger partial charge in [-0.05, 0) is 44.5 Å². The van der Waals surface area contributed by atoms with E-state index in [1.54, 1.807) is 36.1 Å². The van der Waals surface area contributed by atoms with Crippen LogP contribution in [0.15, 0.2) is 48.5 Å². The van der Waals surface area contributed by atoms with Crippen molar-refractivity contribution in [3.8, 4) is 10.4 Å². The molecule has 1 amide bonds. The molecule has 0 fully saturated rings. The maximum Gasteiger partial charge on any atom is 0.331 e. The van der Waals surface area contributed by atoms with Gasteiger partial charge in [-0.15, -0.1) is 11.3 Å². The standard InChI is InChI=1S/C22H23N3O3S/c1-14-21(15(2)25(4)24-14)23-22(27)16(3)28-20(26)13-11-18-10-12-19(29-18)17-8-6-5-7-9-17/h5-13,16H,1-4H3,(H,23,27)/b13-11+/t16-/m0/s1. The number of benzene rings is 1. The van der Waals surface area contributed by atoms with Crippen molar-refractivity contribution in [3.05, 3.63) is 64.8 Å². The van der Waals surface area contributed by atoms with Gasteiger partial charge >= 0.3 is 5.97 Å². The Morgan fingerprint density at radius 2 is 1.90 bits per heavy atom. The zero-order valence-electron chi connectivity index (χ0n) is 16.8. The van der Waals surface area contributed by atoms with Crippen molar-refractivity contribution in [1.82, 2.24) is 9.78 Å². The first-order valence-corrected chi connectivity index (χ1v) is 10.0. The van der Waals surface area contributed by atoms with Gasteiger partial charge in [0.1, 0.15) is 0 Å². The van der Waals surface area contributed by atoms with Crippen molar-refractivity contribution in [3.63, 3.8) is 0 Å². The lowest BCUT2D eigenvalue weighted by molar-refractivity contribution is -0.148. The second-order valence-corrected chi connectivity index (χ2v) is 7.75. The van der Waals surface area contributed by atoms with Crippen LogP contribution in [0.4, 0.5) is 5.69 Å². The van der Waals surface area contributed by atoms with Crippen LogP contribution in [0.5, 0.6) is 0 Å². The van der Waals surface area contributed by atoms with Crippen molar-refractivity contribution in [2.24, 2.45) is 7.05 Å². The fourth-order valence-electron chi connectivity index (χ4n) is 2.80. The molecule has 0 aliphatic carbocycles. The molecule has 7 heteroatoms. The smallest absolute Gasteiger partial charge is 0.331 e. The summed E-state index contributed by atoms with van der Waals surface area (Å²) in [5, 5.41) is 7.03. The maximum atomic E-state index is 12.3. The highest BCUT2D eigenvalue weighted by Gasteiger charge is 2.20. The van der Waals surface area contributed by atoms with Crippen LogP contribution in [-0.2, 0) is 21.4 Å². The molecule has 0 unspecified atom stereocenters. The molecule has 0 spiro atoms. The van der Waals surface area contributed by atoms with Gasteiger partial charge in [0.05, 0.1) is 17.1 Å². The van der Waals surface area contributed by atoms with Gasteiger partial charge in [-0.1, -0.05) is 30.3 Å². The van der Waals surface area contributed by atoms with Gasteiger partial charge in [0.15, 0.2) is 6.10 Å². The number of aryl methyl sites for hydroxylation is 2. The third-order valence-electron chi connectivity index (χ3n) is 4.49. The molecule has 2 aromatic heterocycles. The third kappa shape index (κ3) is 5.00. The van der Waals surface area contributed by atoms with E-state index in [2.05, 4.69) is 10.4 Å². The van der Waals surface area contributed by atoms with E-state index >= 15 is 0 Å². The fraction of sp³-hybridized carbons (Fsp3) is 0.227. The minimum absolute atomic E-state index is 0.395. The Morgan fingerprint density at radius 1 is 1.17 bits per heavy atom. The minimum Gasteiger partial charge on any atom is -0.449 e. The Morgan fingerprint density at radius 3 is 2.55 bits per heavy atom. The van der Waals surface area contributed by atoms with Crippen LogP contribution in [-0.4, -0.2) is 27.8 Å². The van der Waals surface area contributed by atoms with Crippen molar-refractivity contribution in [2.45, 2.75) is 26.9 Å². The average Bonchev–Trinajstić information content (AvgIpc) is 3.27. The normalized spacial score (nSPS) is 12.1. The zero-order chi connectivity index (χ0) is 21.0. The molecule has 0 radical (unpaired) electrons. The Balaban J connectivity index is 1.57. The number of esters is 1. The number of nitrogens with one attached hydrogen (secondary N) is 1. The highest BCUT2D eigenvalue weighted by atomic mass is 32.1. The molecule has 3 rings (SSSR count). The molecule has 1 N–H and O–H groups in total. The molecule has 2 heterocycles. The summed E-state index contributed by atoms with van der Waals surface area (Å²) in [4.78, 5) is 26.5. The van der Waals surface area contributed by atoms with E-state index in [4.69, 9.17) is 4.74 Å². The van der Waals surface area contributed by atoms with Crippen LogP contribution in [0.3, 0.4) is 0 Å². The number of nitrogens with zero attached hydrogens (tertiary/aromatic N) is 2. The van der Waals surface area contributed by atoms with Crippen molar-refractivity contribution >= 4 is 35.0 Å². The Labute approximate surface area is 173 Å². The summed E-state index contributed by atoms with van der Waals surface area (Å²) in [5.41, 5.74) is 3.32. The zero-order valence-corrected chi connectivity index (χ0v) is 17.6. The summed E-state index contributed by atoms with van der Waals surface area (Å²) in [6.45, 7) is 5.22. The molecule has 0 saturated heterocycles. The van der Waals surface area contributed by atoms with E-state index in [-0.39, 0.29) is 0 Å². The number of amides is 1. The molecule has 3 aromatic rings. The van der Waals surface area contributed by atoms with Gasteiger partial charge in [-0.2, -0.15) is 5.10 Å². The molecule has 1 atom stereocenters. The summed E-state index contributed by atoms with van der Waals surface area (Å²) in [6.07, 6.45) is 2.11. The van der Waals surface area contributed by atoms with Gasteiger partial charge in [0, 0.05) is 22.9 Å². The lowest BCUT2D eigenvalue weighted by atomic mass is 10.2. The van der Waals surface area contributed by atoms with Crippen molar-refractivity contribution in [2.75, 3.05) is 5.32 Å². The summed E-state index contributed by atoms with van der Waals surface area (Å²) in [6, 6.07) is 14.0. The summed E-state index contributed by atoms with van der Waals surface area (Å²) in [7, 11) is 1.81. The highest BCUT2D eigenvalue weighted by molar-refractivity contribution is 7.16. The van der Waals surface area contributed by atoms with E-state index < -0.39 is 18.0 Å². The predicted molar refractivity (Wildman–Crippen MR) is 116 cm³/mol. The number of hydrogen-bond donors (Lipinski definition) is 1. The van der Waals surface area contributed by atoms with Crippen LogP contribution in [0.1, 0.15) is 23.2 Å². The number of carbonyl (C=O) groups excluding carboxylic acids is 2. The van der Waals surface area contributed by atoms with E-state index in [1.807, 2.05) is 56.3 Å². The van der Waals surface area contributed by atoms with Crippen LogP contribution in [0.25, 0.3) is 16.5 Å². The second kappa shape index (κ2) is 8.87. The molecular formula is C22H23N3O3S. The maximum absolute atomic E-state index is 12.3. The number of thiophene rings is 1. The van der Waals surface area contributed by atoms with Gasteiger partial charge in [-0.25, -0.2) is 4.79 Å². The predicted octanol–water partition coefficient (Wildman–Crippen LogP) is 4.35. The van der Waals surface area contributed by atoms with Crippen LogP contribution in [0.2, 0.25) is 0 Å². The molecule has 150 valence electrons. The van der Waals surface area contributed by atoms with Crippen molar-refractivity contribution < 1.29 is 14.3 Å². The first-order chi connectivity index (χ1) is 13.8. The van der Waals surface area contributed by atoms with E-state index in [0.717, 1.165) is 21.0 Å². The number of anilines is 1. The van der Waals surface area contributed by atoms with Crippen LogP contribution in [0, 0.1) is 13.8 Å². The van der Waals surface area contributed by atoms with Gasteiger partial charge in [-0.3, -0.25) is 9.48 Å². The number of hydrogen-bond acceptors (Lipinski definition) is 5. The summed E-state index contributed by atoms with van der Waals surface area (Å²) in [5.74, 6) is -0.963. The SMILES string of the molecule is Cc1nn(C)c(C)c1NC(=O)[C@H](C)OC(=O)/C=C/c1ccc(-c2ccccc2)s1. The molecule has 1 aromatic carbocycles. The number of ether oxygens (including phenoxy) is 1. The first kappa shape index (κ1) is 20.5. The first-order valence-electron chi connectivity index (χ1n) is 9.20. The molecule has 6 nitrogen and oxygen atoms in total. The summed E-state index contributed by atoms with van der Waals surface area (Å²) >= 11 is 1.58. The van der Waals surface area contributed by atoms with Gasteiger partial charge < -0.3 is 10.1 Å². The molecule has 29 heavy (non-hydrogen) atoms. The molecule has 0 saturated carbocycles. The largest absolute Gasteiger partial charge is 0.449 e. The van der Waals surface area contributed by atoms with E-state index in [0.29, 0.717) is 11.4 Å². The lowest BCUT2D eigenvalue weighted by Crippen LogP contribution is -2.29. The Bertz CT molecular complexity index is 1050. The Hall–Kier alpha value is -3.19. The second-order valence-electron chi connectivity index (χ2n) is 6.64. The topological polar surface area (TPSA) is 73.2 Å². The van der Waals surface area contributed by atoms with E-state index in [9.17, 15) is 9.59 Å². The van der Waals surface area contributed by atoms with Gasteiger partial charge in [0.2, 0.25) is 0 Å². The summed E-state index contributed by atoms with van der Waals surface area (Å²) < 4.78 is 6.91. The number of carbonyl (C=O) groups is 2. The molecule has 0 aliphatic heterocycles. The van der Waals surface area contributed by atoms with Crippen LogP contribution >= 0.6 is 11.3 Å². The van der Waals surface area contributed by atoms with E-state index in [1.165, 1.54) is 6.08 Å². The highest BCUT2D eigenvalue weighted by Crippen LogP contribution is 2.28. The molecular weight excluding hydrogens is 386 g/mol.